The lowest BCUT2D eigenvalue weighted by Crippen LogP contribution is -2.55. The molecule has 0 aromatic carbocycles. The van der Waals surface area contributed by atoms with Crippen LogP contribution in [-0.2, 0) is 16.0 Å². The highest BCUT2D eigenvalue weighted by atomic mass is 32.1. The molecule has 1 spiro atoms. The molecule has 1 unspecified atom stereocenters. The first-order valence-corrected chi connectivity index (χ1v) is 9.97. The van der Waals surface area contributed by atoms with Gasteiger partial charge in [0.1, 0.15) is 0 Å². The van der Waals surface area contributed by atoms with Crippen molar-refractivity contribution in [3.8, 4) is 0 Å². The fourth-order valence-electron chi connectivity index (χ4n) is 4.08. The second kappa shape index (κ2) is 7.83. The second-order valence-electron chi connectivity index (χ2n) is 7.35. The zero-order chi connectivity index (χ0) is 17.9. The number of hydrogen-bond donors (Lipinski definition) is 1. The molecule has 0 radical (unpaired) electrons. The second-order valence-corrected chi connectivity index (χ2v) is 8.41. The van der Waals surface area contributed by atoms with E-state index in [2.05, 4.69) is 4.98 Å². The zero-order valence-electron chi connectivity index (χ0n) is 14.9. The number of aryl methyl sites for hydroxylation is 1. The van der Waals surface area contributed by atoms with Crippen molar-refractivity contribution in [2.24, 2.45) is 5.41 Å². The van der Waals surface area contributed by atoms with Gasteiger partial charge in [-0.15, -0.1) is 11.3 Å². The van der Waals surface area contributed by atoms with Crippen LogP contribution in [0.15, 0.2) is 5.38 Å². The van der Waals surface area contributed by atoms with Gasteiger partial charge in [-0.25, -0.2) is 4.98 Å². The van der Waals surface area contributed by atoms with Crippen molar-refractivity contribution >= 4 is 23.2 Å². The molecule has 0 saturated carbocycles. The first-order chi connectivity index (χ1) is 12.0. The molecule has 6 nitrogen and oxygen atoms in total. The summed E-state index contributed by atoms with van der Waals surface area (Å²) in [5, 5.41) is 12.0. The van der Waals surface area contributed by atoms with Crippen molar-refractivity contribution in [1.29, 1.82) is 0 Å². The summed E-state index contributed by atoms with van der Waals surface area (Å²) in [5.74, 6) is 0.323. The molecule has 1 N–H and O–H groups in total. The van der Waals surface area contributed by atoms with Crippen molar-refractivity contribution in [3.05, 3.63) is 16.1 Å². The highest BCUT2D eigenvalue weighted by Crippen LogP contribution is 2.39. The molecule has 2 saturated heterocycles. The highest BCUT2D eigenvalue weighted by molar-refractivity contribution is 7.09. The van der Waals surface area contributed by atoms with Gasteiger partial charge in [0.05, 0.1) is 17.1 Å². The molecule has 1 aromatic heterocycles. The third-order valence-electron chi connectivity index (χ3n) is 5.35. The summed E-state index contributed by atoms with van der Waals surface area (Å²) >= 11 is 1.58. The van der Waals surface area contributed by atoms with Crippen LogP contribution in [0.2, 0.25) is 0 Å². The van der Waals surface area contributed by atoms with Crippen molar-refractivity contribution in [2.45, 2.75) is 45.4 Å². The molecule has 1 atom stereocenters. The Kier molecular flexibility index (Phi) is 5.74. The predicted octanol–water partition coefficient (Wildman–Crippen LogP) is 1.61. The quantitative estimate of drug-likeness (QED) is 0.860. The van der Waals surface area contributed by atoms with E-state index in [0.717, 1.165) is 43.1 Å². The summed E-state index contributed by atoms with van der Waals surface area (Å²) in [6, 6.07) is 0. The van der Waals surface area contributed by atoms with Crippen molar-refractivity contribution < 1.29 is 14.7 Å². The lowest BCUT2D eigenvalue weighted by molar-refractivity contribution is -0.142. The molecule has 2 fully saturated rings. The SMILES string of the molecule is Cc1nc(CC(=O)N2CCCC3(CCC(=O)N(CCCO)C3)C2)cs1. The number of aromatic nitrogens is 1. The third kappa shape index (κ3) is 4.39. The third-order valence-corrected chi connectivity index (χ3v) is 6.17. The molecular weight excluding hydrogens is 338 g/mol. The Morgan fingerprint density at radius 3 is 2.96 bits per heavy atom. The molecule has 2 aliphatic rings. The van der Waals surface area contributed by atoms with Crippen LogP contribution in [0.5, 0.6) is 0 Å². The number of likely N-dealkylation sites (tertiary alicyclic amines) is 2. The van der Waals surface area contributed by atoms with E-state index >= 15 is 0 Å². The van der Waals surface area contributed by atoms with E-state index < -0.39 is 0 Å². The molecule has 138 valence electrons. The van der Waals surface area contributed by atoms with Gasteiger partial charge in [0.2, 0.25) is 11.8 Å². The van der Waals surface area contributed by atoms with Crippen LogP contribution < -0.4 is 0 Å². The van der Waals surface area contributed by atoms with Crippen LogP contribution in [0.25, 0.3) is 0 Å². The van der Waals surface area contributed by atoms with E-state index in [1.165, 1.54) is 0 Å². The van der Waals surface area contributed by atoms with Gasteiger partial charge in [-0.2, -0.15) is 0 Å². The molecule has 1 aromatic rings. The van der Waals surface area contributed by atoms with Gasteiger partial charge in [0.15, 0.2) is 0 Å². The fourth-order valence-corrected chi connectivity index (χ4v) is 4.69. The Bertz CT molecular complexity index is 633. The summed E-state index contributed by atoms with van der Waals surface area (Å²) < 4.78 is 0. The molecule has 0 bridgehead atoms. The number of piperidine rings is 2. The highest BCUT2D eigenvalue weighted by Gasteiger charge is 2.42. The minimum atomic E-state index is 0.0231. The van der Waals surface area contributed by atoms with Crippen LogP contribution in [0.1, 0.15) is 42.8 Å². The average Bonchev–Trinajstić information content (AvgIpc) is 3.01. The maximum absolute atomic E-state index is 12.7. The first-order valence-electron chi connectivity index (χ1n) is 9.09. The van der Waals surface area contributed by atoms with E-state index in [-0.39, 0.29) is 23.8 Å². The minimum absolute atomic E-state index is 0.0231. The summed E-state index contributed by atoms with van der Waals surface area (Å²) in [5.41, 5.74) is 0.880. The van der Waals surface area contributed by atoms with Gasteiger partial charge in [0, 0.05) is 50.0 Å². The predicted molar refractivity (Wildman–Crippen MR) is 96.3 cm³/mol. The van der Waals surface area contributed by atoms with Crippen LogP contribution in [0.4, 0.5) is 0 Å². The molecule has 3 heterocycles. The number of aliphatic hydroxyl groups excluding tert-OH is 1. The van der Waals surface area contributed by atoms with E-state index in [0.29, 0.717) is 32.4 Å². The van der Waals surface area contributed by atoms with Crippen molar-refractivity contribution in [3.63, 3.8) is 0 Å². The van der Waals surface area contributed by atoms with Crippen LogP contribution in [0.3, 0.4) is 0 Å². The summed E-state index contributed by atoms with van der Waals surface area (Å²) in [4.78, 5) is 33.1. The minimum Gasteiger partial charge on any atom is -0.396 e. The number of thiazole rings is 1. The molecule has 7 heteroatoms. The van der Waals surface area contributed by atoms with Gasteiger partial charge in [-0.3, -0.25) is 9.59 Å². The van der Waals surface area contributed by atoms with Crippen molar-refractivity contribution in [1.82, 2.24) is 14.8 Å². The standard InChI is InChI=1S/C18H27N3O3S/c1-14-19-15(11-25-14)10-17(24)21-7-2-5-18(13-21)6-4-16(23)20(12-18)8-3-9-22/h11,22H,2-10,12-13H2,1H3. The van der Waals surface area contributed by atoms with E-state index in [4.69, 9.17) is 5.11 Å². The monoisotopic (exact) mass is 365 g/mol. The Labute approximate surface area is 152 Å². The Hall–Kier alpha value is -1.47. The van der Waals surface area contributed by atoms with Crippen LogP contribution in [-0.4, -0.2) is 64.5 Å². The smallest absolute Gasteiger partial charge is 0.228 e. The van der Waals surface area contributed by atoms with E-state index in [9.17, 15) is 9.59 Å². The number of amides is 2. The molecular formula is C18H27N3O3S. The largest absolute Gasteiger partial charge is 0.396 e. The van der Waals surface area contributed by atoms with Gasteiger partial charge in [-0.05, 0) is 32.6 Å². The molecule has 2 amide bonds. The van der Waals surface area contributed by atoms with Gasteiger partial charge >= 0.3 is 0 Å². The summed E-state index contributed by atoms with van der Waals surface area (Å²) in [7, 11) is 0. The molecule has 0 aliphatic carbocycles. The normalized spacial score (nSPS) is 24.2. The van der Waals surface area contributed by atoms with E-state index in [1.54, 1.807) is 11.3 Å². The zero-order valence-corrected chi connectivity index (χ0v) is 15.7. The molecule has 25 heavy (non-hydrogen) atoms. The van der Waals surface area contributed by atoms with Gasteiger partial charge in [0.25, 0.3) is 0 Å². The van der Waals surface area contributed by atoms with Gasteiger partial charge in [-0.1, -0.05) is 0 Å². The molecule has 2 aliphatic heterocycles. The van der Waals surface area contributed by atoms with Crippen LogP contribution >= 0.6 is 11.3 Å². The average molecular weight is 365 g/mol. The summed E-state index contributed by atoms with van der Waals surface area (Å²) in [6.07, 6.45) is 4.46. The Morgan fingerprint density at radius 2 is 2.24 bits per heavy atom. The lowest BCUT2D eigenvalue weighted by Gasteiger charge is -2.48. The maximum atomic E-state index is 12.7. The van der Waals surface area contributed by atoms with Gasteiger partial charge < -0.3 is 14.9 Å². The number of nitrogens with zero attached hydrogens (tertiary/aromatic N) is 3. The van der Waals surface area contributed by atoms with Crippen LogP contribution in [0, 0.1) is 12.3 Å². The number of hydrogen-bond acceptors (Lipinski definition) is 5. The Morgan fingerprint density at radius 1 is 1.40 bits per heavy atom. The number of rotatable bonds is 5. The lowest BCUT2D eigenvalue weighted by atomic mass is 9.73. The first kappa shape index (κ1) is 18.3. The number of aliphatic hydroxyl groups is 1. The topological polar surface area (TPSA) is 73.7 Å². The summed E-state index contributed by atoms with van der Waals surface area (Å²) in [6.45, 7) is 4.92. The Balaban J connectivity index is 1.63. The fraction of sp³-hybridized carbons (Fsp3) is 0.722. The number of carbonyl (C=O) groups excluding carboxylic acids is 2. The van der Waals surface area contributed by atoms with Crippen molar-refractivity contribution in [2.75, 3.05) is 32.8 Å². The van der Waals surface area contributed by atoms with E-state index in [1.807, 2.05) is 22.1 Å². The maximum Gasteiger partial charge on any atom is 0.228 e. The molecule has 3 rings (SSSR count). The number of carbonyl (C=O) groups is 2.